The molecule has 19 heavy (non-hydrogen) atoms. The van der Waals surface area contributed by atoms with Gasteiger partial charge in [0.15, 0.2) is 0 Å². The fraction of sp³-hybridized carbons (Fsp3) is 0.615. The fourth-order valence-corrected chi connectivity index (χ4v) is 3.67. The van der Waals surface area contributed by atoms with Crippen LogP contribution in [0.1, 0.15) is 18.4 Å². The maximum absolute atomic E-state index is 12.1. The van der Waals surface area contributed by atoms with Gasteiger partial charge in [0.2, 0.25) is 0 Å². The van der Waals surface area contributed by atoms with Gasteiger partial charge in [-0.1, -0.05) is 0 Å². The Kier molecular flexibility index (Phi) is 5.66. The lowest BCUT2D eigenvalue weighted by atomic mass is 9.98. The van der Waals surface area contributed by atoms with E-state index >= 15 is 0 Å². The summed E-state index contributed by atoms with van der Waals surface area (Å²) in [4.78, 5) is 14.1. The van der Waals surface area contributed by atoms with Crippen LogP contribution in [0, 0.1) is 5.92 Å². The predicted molar refractivity (Wildman–Crippen MR) is 82.5 cm³/mol. The van der Waals surface area contributed by atoms with Crippen molar-refractivity contribution in [2.24, 2.45) is 5.92 Å². The molecular weight excluding hydrogens is 326 g/mol. The molecule has 1 fully saturated rings. The molecule has 0 bridgehead atoms. The Hall–Kier alpha value is -0.590. The van der Waals surface area contributed by atoms with Crippen molar-refractivity contribution in [3.63, 3.8) is 0 Å². The van der Waals surface area contributed by atoms with Gasteiger partial charge < -0.3 is 15.5 Å². The summed E-state index contributed by atoms with van der Waals surface area (Å²) < 4.78 is 1.10. The Morgan fingerprint density at radius 3 is 3.16 bits per heavy atom. The average molecular weight is 346 g/mol. The van der Waals surface area contributed by atoms with Gasteiger partial charge in [-0.15, -0.1) is 11.3 Å². The Bertz CT molecular complexity index is 422. The van der Waals surface area contributed by atoms with Crippen LogP contribution in [0.4, 0.5) is 4.79 Å². The summed E-state index contributed by atoms with van der Waals surface area (Å²) in [6.07, 6.45) is 2.31. The molecule has 1 aromatic rings. The lowest BCUT2D eigenvalue weighted by molar-refractivity contribution is 0.165. The summed E-state index contributed by atoms with van der Waals surface area (Å²) >= 11 is 5.13. The van der Waals surface area contributed by atoms with E-state index in [0.717, 1.165) is 35.4 Å². The molecule has 1 aliphatic heterocycles. The molecule has 1 saturated heterocycles. The highest BCUT2D eigenvalue weighted by Crippen LogP contribution is 2.23. The number of hydrogen-bond donors (Lipinski definition) is 2. The van der Waals surface area contributed by atoms with Gasteiger partial charge in [0.05, 0.1) is 3.79 Å². The SMILES string of the molecule is CNCC1CCCN(C(=O)NCc2ccsc2Br)C1. The van der Waals surface area contributed by atoms with E-state index in [1.807, 2.05) is 23.4 Å². The first-order valence-electron chi connectivity index (χ1n) is 6.60. The quantitative estimate of drug-likeness (QED) is 0.880. The Morgan fingerprint density at radius 1 is 1.63 bits per heavy atom. The Morgan fingerprint density at radius 2 is 2.47 bits per heavy atom. The number of piperidine rings is 1. The molecule has 0 aliphatic carbocycles. The highest BCUT2D eigenvalue weighted by molar-refractivity contribution is 9.11. The zero-order chi connectivity index (χ0) is 13.7. The van der Waals surface area contributed by atoms with Crippen LogP contribution >= 0.6 is 27.3 Å². The second-order valence-corrected chi connectivity index (χ2v) is 7.12. The normalized spacial score (nSPS) is 19.5. The molecule has 6 heteroatoms. The standard InChI is InChI=1S/C13H20BrN3OS/c1-15-7-10-3-2-5-17(9-10)13(18)16-8-11-4-6-19-12(11)14/h4,6,10,15H,2-3,5,7-9H2,1H3,(H,16,18). The molecule has 0 saturated carbocycles. The first-order chi connectivity index (χ1) is 9.20. The van der Waals surface area contributed by atoms with E-state index in [0.29, 0.717) is 12.5 Å². The van der Waals surface area contributed by atoms with Crippen molar-refractivity contribution in [2.45, 2.75) is 19.4 Å². The second-order valence-electron chi connectivity index (χ2n) is 4.89. The van der Waals surface area contributed by atoms with Crippen LogP contribution in [0.15, 0.2) is 15.2 Å². The minimum Gasteiger partial charge on any atom is -0.334 e. The number of carbonyl (C=O) groups is 1. The third kappa shape index (κ3) is 4.19. The van der Waals surface area contributed by atoms with E-state index < -0.39 is 0 Å². The monoisotopic (exact) mass is 345 g/mol. The smallest absolute Gasteiger partial charge is 0.317 e. The summed E-state index contributed by atoms with van der Waals surface area (Å²) in [7, 11) is 1.97. The summed E-state index contributed by atoms with van der Waals surface area (Å²) in [5.41, 5.74) is 1.14. The molecule has 2 heterocycles. The minimum absolute atomic E-state index is 0.0545. The zero-order valence-corrected chi connectivity index (χ0v) is 13.5. The van der Waals surface area contributed by atoms with E-state index in [-0.39, 0.29) is 6.03 Å². The second kappa shape index (κ2) is 7.26. The number of amides is 2. The van der Waals surface area contributed by atoms with E-state index in [1.54, 1.807) is 11.3 Å². The number of thiophene rings is 1. The number of carbonyl (C=O) groups excluding carboxylic acids is 1. The fourth-order valence-electron chi connectivity index (χ4n) is 2.43. The van der Waals surface area contributed by atoms with Crippen LogP contribution in [0.25, 0.3) is 0 Å². The van der Waals surface area contributed by atoms with Gasteiger partial charge in [-0.2, -0.15) is 0 Å². The molecule has 4 nitrogen and oxygen atoms in total. The molecule has 2 amide bonds. The summed E-state index contributed by atoms with van der Waals surface area (Å²) in [5.74, 6) is 0.581. The van der Waals surface area contributed by atoms with Gasteiger partial charge in [-0.25, -0.2) is 4.79 Å². The van der Waals surface area contributed by atoms with Crippen molar-refractivity contribution >= 4 is 33.3 Å². The molecule has 106 valence electrons. The molecular formula is C13H20BrN3OS. The van der Waals surface area contributed by atoms with Crippen LogP contribution in [0.2, 0.25) is 0 Å². The topological polar surface area (TPSA) is 44.4 Å². The number of halogens is 1. The van der Waals surface area contributed by atoms with Crippen molar-refractivity contribution in [1.29, 1.82) is 0 Å². The highest BCUT2D eigenvalue weighted by atomic mass is 79.9. The van der Waals surface area contributed by atoms with E-state index in [1.165, 1.54) is 6.42 Å². The van der Waals surface area contributed by atoms with Gasteiger partial charge >= 0.3 is 6.03 Å². The number of rotatable bonds is 4. The molecule has 1 atom stereocenters. The Balaban J connectivity index is 1.81. The third-order valence-corrected chi connectivity index (χ3v) is 5.23. The van der Waals surface area contributed by atoms with Gasteiger partial charge in [-0.3, -0.25) is 0 Å². The van der Waals surface area contributed by atoms with Gasteiger partial charge in [0.25, 0.3) is 0 Å². The largest absolute Gasteiger partial charge is 0.334 e. The van der Waals surface area contributed by atoms with Gasteiger partial charge in [0.1, 0.15) is 0 Å². The van der Waals surface area contributed by atoms with Crippen molar-refractivity contribution in [3.8, 4) is 0 Å². The number of nitrogens with one attached hydrogen (secondary N) is 2. The third-order valence-electron chi connectivity index (χ3n) is 3.42. The molecule has 1 aliphatic rings. The number of urea groups is 1. The number of hydrogen-bond acceptors (Lipinski definition) is 3. The maximum atomic E-state index is 12.1. The van der Waals surface area contributed by atoms with Crippen LogP contribution < -0.4 is 10.6 Å². The first-order valence-corrected chi connectivity index (χ1v) is 8.27. The van der Waals surface area contributed by atoms with E-state index in [9.17, 15) is 4.79 Å². The molecule has 0 spiro atoms. The van der Waals surface area contributed by atoms with Crippen LogP contribution in [0.5, 0.6) is 0 Å². The average Bonchev–Trinajstić information content (AvgIpc) is 2.82. The molecule has 2 N–H and O–H groups in total. The highest BCUT2D eigenvalue weighted by Gasteiger charge is 2.22. The van der Waals surface area contributed by atoms with E-state index in [2.05, 4.69) is 26.6 Å². The maximum Gasteiger partial charge on any atom is 0.317 e. The molecule has 1 unspecified atom stereocenters. The van der Waals surface area contributed by atoms with Crippen molar-refractivity contribution in [1.82, 2.24) is 15.5 Å². The predicted octanol–water partition coefficient (Wildman–Crippen LogP) is 2.65. The zero-order valence-electron chi connectivity index (χ0n) is 11.1. The van der Waals surface area contributed by atoms with Gasteiger partial charge in [-0.05, 0) is 65.3 Å². The molecule has 0 radical (unpaired) electrons. The summed E-state index contributed by atoms with van der Waals surface area (Å²) in [6, 6.07) is 2.09. The van der Waals surface area contributed by atoms with Gasteiger partial charge in [0, 0.05) is 19.6 Å². The van der Waals surface area contributed by atoms with Crippen LogP contribution in [-0.4, -0.2) is 37.6 Å². The minimum atomic E-state index is 0.0545. The van der Waals surface area contributed by atoms with Crippen molar-refractivity contribution in [3.05, 3.63) is 20.8 Å². The van der Waals surface area contributed by atoms with Crippen LogP contribution in [0.3, 0.4) is 0 Å². The molecule has 1 aromatic heterocycles. The number of likely N-dealkylation sites (tertiary alicyclic amines) is 1. The number of nitrogens with zero attached hydrogens (tertiary/aromatic N) is 1. The van der Waals surface area contributed by atoms with Crippen molar-refractivity contribution < 1.29 is 4.79 Å². The lowest BCUT2D eigenvalue weighted by Gasteiger charge is -2.32. The first kappa shape index (κ1) is 14.8. The lowest BCUT2D eigenvalue weighted by Crippen LogP contribution is -2.46. The van der Waals surface area contributed by atoms with Crippen LogP contribution in [-0.2, 0) is 6.54 Å². The molecule has 2 rings (SSSR count). The summed E-state index contributed by atoms with van der Waals surface area (Å²) in [5, 5.41) is 8.22. The van der Waals surface area contributed by atoms with E-state index in [4.69, 9.17) is 0 Å². The Labute approximate surface area is 126 Å². The van der Waals surface area contributed by atoms with Crippen molar-refractivity contribution in [2.75, 3.05) is 26.7 Å². The molecule has 0 aromatic carbocycles. The summed E-state index contributed by atoms with van der Waals surface area (Å²) in [6.45, 7) is 3.31.